The summed E-state index contributed by atoms with van der Waals surface area (Å²) in [6.45, 7) is 0. The van der Waals surface area contributed by atoms with Crippen LogP contribution in [0.15, 0.2) is 30.3 Å². The molecule has 0 spiro atoms. The van der Waals surface area contributed by atoms with Gasteiger partial charge in [-0.05, 0) is 44.1 Å². The molecule has 1 aromatic rings. The first-order chi connectivity index (χ1) is 10.6. The summed E-state index contributed by atoms with van der Waals surface area (Å²) in [6.07, 6.45) is 5.78. The third kappa shape index (κ3) is 3.01. The molecule has 118 valence electrons. The largest absolute Gasteiger partial charge is 0.481 e. The van der Waals surface area contributed by atoms with Gasteiger partial charge in [-0.15, -0.1) is 0 Å². The minimum atomic E-state index is -0.737. The van der Waals surface area contributed by atoms with E-state index in [9.17, 15) is 9.59 Å². The van der Waals surface area contributed by atoms with Crippen LogP contribution in [-0.4, -0.2) is 23.0 Å². The lowest BCUT2D eigenvalue weighted by atomic mass is 9.64. The average Bonchev–Trinajstić information content (AvgIpc) is 2.92. The minimum absolute atomic E-state index is 0.0295. The van der Waals surface area contributed by atoms with E-state index in [-0.39, 0.29) is 23.3 Å². The Bertz CT molecular complexity index is 551. The fraction of sp³-hybridized carbons (Fsp3) is 0.556. The van der Waals surface area contributed by atoms with Crippen molar-refractivity contribution < 1.29 is 14.7 Å². The monoisotopic (exact) mass is 301 g/mol. The molecule has 0 bridgehead atoms. The van der Waals surface area contributed by atoms with Crippen LogP contribution < -0.4 is 5.32 Å². The molecule has 2 aliphatic rings. The summed E-state index contributed by atoms with van der Waals surface area (Å²) < 4.78 is 0. The number of amides is 1. The van der Waals surface area contributed by atoms with Gasteiger partial charge in [0.2, 0.25) is 5.91 Å². The number of carboxylic acids is 1. The maximum Gasteiger partial charge on any atom is 0.306 e. The molecule has 0 heterocycles. The third-order valence-electron chi connectivity index (χ3n) is 5.29. The second-order valence-electron chi connectivity index (χ2n) is 6.81. The fourth-order valence-corrected chi connectivity index (χ4v) is 3.75. The molecular weight excluding hydrogens is 278 g/mol. The molecule has 2 N–H and O–H groups in total. The Hall–Kier alpha value is -1.84. The van der Waals surface area contributed by atoms with Crippen LogP contribution >= 0.6 is 0 Å². The van der Waals surface area contributed by atoms with Gasteiger partial charge in [-0.3, -0.25) is 9.59 Å². The fourth-order valence-electron chi connectivity index (χ4n) is 3.75. The summed E-state index contributed by atoms with van der Waals surface area (Å²) in [6, 6.07) is 10.2. The molecule has 2 saturated carbocycles. The Morgan fingerprint density at radius 1 is 1.18 bits per heavy atom. The van der Waals surface area contributed by atoms with Crippen LogP contribution in [0.5, 0.6) is 0 Å². The predicted octanol–water partition coefficient (Wildman–Crippen LogP) is 2.77. The zero-order valence-corrected chi connectivity index (χ0v) is 12.8. The van der Waals surface area contributed by atoms with E-state index in [1.54, 1.807) is 0 Å². The Kier molecular flexibility index (Phi) is 4.19. The van der Waals surface area contributed by atoms with Crippen molar-refractivity contribution in [1.82, 2.24) is 5.32 Å². The summed E-state index contributed by atoms with van der Waals surface area (Å²) in [5.41, 5.74) is 0.926. The number of rotatable bonds is 5. The minimum Gasteiger partial charge on any atom is -0.481 e. The molecule has 1 amide bonds. The van der Waals surface area contributed by atoms with E-state index >= 15 is 0 Å². The number of aliphatic carboxylic acids is 1. The smallest absolute Gasteiger partial charge is 0.306 e. The van der Waals surface area contributed by atoms with Gasteiger partial charge in [0.15, 0.2) is 0 Å². The number of benzene rings is 1. The van der Waals surface area contributed by atoms with Gasteiger partial charge in [0.05, 0.1) is 11.3 Å². The second-order valence-corrected chi connectivity index (χ2v) is 6.81. The van der Waals surface area contributed by atoms with Crippen LogP contribution in [0, 0.1) is 11.3 Å². The van der Waals surface area contributed by atoms with Crippen molar-refractivity contribution in [1.29, 1.82) is 0 Å². The van der Waals surface area contributed by atoms with E-state index < -0.39 is 5.97 Å². The Morgan fingerprint density at radius 3 is 2.45 bits per heavy atom. The molecule has 2 atom stereocenters. The van der Waals surface area contributed by atoms with E-state index in [2.05, 4.69) is 17.4 Å². The van der Waals surface area contributed by atoms with Crippen molar-refractivity contribution in [3.05, 3.63) is 35.9 Å². The number of nitrogens with one attached hydrogen (secondary N) is 1. The van der Waals surface area contributed by atoms with E-state index in [0.717, 1.165) is 32.1 Å². The molecule has 4 nitrogen and oxygen atoms in total. The molecule has 0 radical (unpaired) electrons. The highest BCUT2D eigenvalue weighted by atomic mass is 16.4. The van der Waals surface area contributed by atoms with Crippen molar-refractivity contribution in [3.63, 3.8) is 0 Å². The first-order valence-electron chi connectivity index (χ1n) is 8.17. The van der Waals surface area contributed by atoms with Crippen LogP contribution in [0.1, 0.15) is 44.1 Å². The number of hydrogen-bond acceptors (Lipinski definition) is 2. The van der Waals surface area contributed by atoms with E-state index in [4.69, 9.17) is 5.11 Å². The first-order valence-corrected chi connectivity index (χ1v) is 8.17. The first kappa shape index (κ1) is 15.1. The molecule has 22 heavy (non-hydrogen) atoms. The molecule has 3 rings (SSSR count). The van der Waals surface area contributed by atoms with Crippen molar-refractivity contribution >= 4 is 11.9 Å². The normalized spacial score (nSPS) is 26.2. The van der Waals surface area contributed by atoms with E-state index in [1.807, 2.05) is 18.2 Å². The van der Waals surface area contributed by atoms with Gasteiger partial charge in [-0.25, -0.2) is 0 Å². The number of carbonyl (C=O) groups is 2. The lowest BCUT2D eigenvalue weighted by Crippen LogP contribution is -2.49. The van der Waals surface area contributed by atoms with Gasteiger partial charge in [-0.1, -0.05) is 36.8 Å². The van der Waals surface area contributed by atoms with Gasteiger partial charge in [0, 0.05) is 6.04 Å². The molecule has 0 saturated heterocycles. The topological polar surface area (TPSA) is 66.4 Å². The van der Waals surface area contributed by atoms with Crippen LogP contribution in [0.4, 0.5) is 0 Å². The van der Waals surface area contributed by atoms with Crippen molar-refractivity contribution in [3.8, 4) is 0 Å². The maximum absolute atomic E-state index is 12.7. The molecular formula is C18H23NO3. The van der Waals surface area contributed by atoms with Crippen LogP contribution in [0.2, 0.25) is 0 Å². The van der Waals surface area contributed by atoms with E-state index in [1.165, 1.54) is 5.56 Å². The molecule has 4 heteroatoms. The Morgan fingerprint density at radius 2 is 1.91 bits per heavy atom. The Balaban J connectivity index is 1.61. The molecule has 0 unspecified atom stereocenters. The van der Waals surface area contributed by atoms with Crippen LogP contribution in [-0.2, 0) is 16.0 Å². The average molecular weight is 301 g/mol. The highest BCUT2D eigenvalue weighted by Gasteiger charge is 2.45. The highest BCUT2D eigenvalue weighted by Crippen LogP contribution is 2.44. The van der Waals surface area contributed by atoms with Gasteiger partial charge in [-0.2, -0.15) is 0 Å². The van der Waals surface area contributed by atoms with Gasteiger partial charge in [0.25, 0.3) is 0 Å². The molecule has 1 aromatic carbocycles. The molecule has 0 aliphatic heterocycles. The highest BCUT2D eigenvalue weighted by molar-refractivity contribution is 5.84. The quantitative estimate of drug-likeness (QED) is 0.879. The standard InChI is InChI=1S/C18H23NO3/c20-16(21)14-7-8-15(11-14)19-17(22)18(9-4-10-18)12-13-5-2-1-3-6-13/h1-3,5-6,14-15H,4,7-12H2,(H,19,22)(H,20,21)/t14-,15+/m0/s1. The van der Waals surface area contributed by atoms with E-state index in [0.29, 0.717) is 12.8 Å². The summed E-state index contributed by atoms with van der Waals surface area (Å²) in [7, 11) is 0. The maximum atomic E-state index is 12.7. The SMILES string of the molecule is O=C(O)[C@H]1CC[C@@H](NC(=O)C2(Cc3ccccc3)CCC2)C1. The van der Waals surface area contributed by atoms with Crippen molar-refractivity contribution in [2.24, 2.45) is 11.3 Å². The molecule has 2 fully saturated rings. The number of hydrogen-bond donors (Lipinski definition) is 2. The Labute approximate surface area is 130 Å². The zero-order chi connectivity index (χ0) is 15.6. The summed E-state index contributed by atoms with van der Waals surface area (Å²) in [4.78, 5) is 23.8. The zero-order valence-electron chi connectivity index (χ0n) is 12.8. The van der Waals surface area contributed by atoms with Gasteiger partial charge in [0.1, 0.15) is 0 Å². The van der Waals surface area contributed by atoms with Gasteiger partial charge < -0.3 is 10.4 Å². The number of carboxylic acid groups (broad SMARTS) is 1. The van der Waals surface area contributed by atoms with Gasteiger partial charge >= 0.3 is 5.97 Å². The number of carbonyl (C=O) groups excluding carboxylic acids is 1. The lowest BCUT2D eigenvalue weighted by Gasteiger charge is -2.41. The third-order valence-corrected chi connectivity index (χ3v) is 5.29. The van der Waals surface area contributed by atoms with Crippen LogP contribution in [0.3, 0.4) is 0 Å². The second kappa shape index (κ2) is 6.11. The molecule has 0 aromatic heterocycles. The summed E-state index contributed by atoms with van der Waals surface area (Å²) in [5.74, 6) is -0.908. The van der Waals surface area contributed by atoms with Crippen LogP contribution in [0.25, 0.3) is 0 Å². The lowest BCUT2D eigenvalue weighted by molar-refractivity contribution is -0.142. The predicted molar refractivity (Wildman–Crippen MR) is 83.3 cm³/mol. The van der Waals surface area contributed by atoms with Crippen molar-refractivity contribution in [2.45, 2.75) is 51.0 Å². The van der Waals surface area contributed by atoms with Crippen molar-refractivity contribution in [2.75, 3.05) is 0 Å². The summed E-state index contributed by atoms with van der Waals surface area (Å²) >= 11 is 0. The molecule has 2 aliphatic carbocycles. The summed E-state index contributed by atoms with van der Waals surface area (Å²) in [5, 5.41) is 12.2.